The summed E-state index contributed by atoms with van der Waals surface area (Å²) in [4.78, 5) is 13.6. The van der Waals surface area contributed by atoms with Gasteiger partial charge >= 0.3 is 0 Å². The van der Waals surface area contributed by atoms with E-state index in [1.165, 1.54) is 24.6 Å². The molecule has 2 rings (SSSR count). The van der Waals surface area contributed by atoms with Crippen LogP contribution in [-0.2, 0) is 10.0 Å². The van der Waals surface area contributed by atoms with Crippen LogP contribution in [0.15, 0.2) is 23.1 Å². The monoisotopic (exact) mass is 316 g/mol. The number of carbonyl (C=O) groups excluding carboxylic acids is 1. The first-order valence-corrected chi connectivity index (χ1v) is 8.29. The minimum Gasteiger partial charge on any atom is -0.341 e. The van der Waals surface area contributed by atoms with Gasteiger partial charge in [-0.25, -0.2) is 13.6 Å². The minimum absolute atomic E-state index is 0.0192. The van der Waals surface area contributed by atoms with E-state index >= 15 is 0 Å². The lowest BCUT2D eigenvalue weighted by molar-refractivity contribution is 0.0745. The van der Waals surface area contributed by atoms with E-state index in [4.69, 9.17) is 16.7 Å². The van der Waals surface area contributed by atoms with Crippen LogP contribution in [-0.4, -0.2) is 32.8 Å². The Labute approximate surface area is 123 Å². The number of sulfonamides is 1. The molecule has 1 aromatic carbocycles. The molecule has 0 unspecified atom stereocenters. The number of halogens is 1. The summed E-state index contributed by atoms with van der Waals surface area (Å²) >= 11 is 5.80. The van der Waals surface area contributed by atoms with Crippen LogP contribution in [0.3, 0.4) is 0 Å². The molecule has 0 atom stereocenters. The highest BCUT2D eigenvalue weighted by molar-refractivity contribution is 7.89. The fourth-order valence-corrected chi connectivity index (χ4v) is 3.29. The van der Waals surface area contributed by atoms with Crippen molar-refractivity contribution in [1.29, 1.82) is 0 Å². The van der Waals surface area contributed by atoms with Crippen molar-refractivity contribution >= 4 is 27.5 Å². The Kier molecular flexibility index (Phi) is 4.36. The fourth-order valence-electron chi connectivity index (χ4n) is 2.22. The number of amides is 1. The third kappa shape index (κ3) is 3.31. The average Bonchev–Trinajstić information content (AvgIpc) is 2.31. The second kappa shape index (κ2) is 5.71. The first-order valence-electron chi connectivity index (χ1n) is 6.37. The van der Waals surface area contributed by atoms with E-state index in [2.05, 4.69) is 0 Å². The van der Waals surface area contributed by atoms with Crippen LogP contribution >= 0.6 is 11.6 Å². The van der Waals surface area contributed by atoms with Crippen molar-refractivity contribution in [1.82, 2.24) is 4.90 Å². The Bertz CT molecular complexity index is 627. The summed E-state index contributed by atoms with van der Waals surface area (Å²) in [5, 5.41) is 5.10. The van der Waals surface area contributed by atoms with Crippen LogP contribution in [0.2, 0.25) is 5.02 Å². The summed E-state index contributed by atoms with van der Waals surface area (Å²) in [6.07, 6.45) is 3.49. The van der Waals surface area contributed by atoms with Gasteiger partial charge in [-0.2, -0.15) is 0 Å². The van der Waals surface area contributed by atoms with Gasteiger partial charge < -0.3 is 4.90 Å². The van der Waals surface area contributed by atoms with Crippen molar-refractivity contribution in [3.63, 3.8) is 0 Å². The molecule has 0 aromatic heterocycles. The zero-order chi connectivity index (χ0) is 14.9. The van der Waals surface area contributed by atoms with Gasteiger partial charge in [0, 0.05) is 19.2 Å². The Balaban J connectivity index is 2.21. The predicted molar refractivity (Wildman–Crippen MR) is 77.1 cm³/mol. The van der Waals surface area contributed by atoms with Gasteiger partial charge in [0.1, 0.15) is 4.90 Å². The molecule has 1 saturated carbocycles. The molecular weight excluding hydrogens is 300 g/mol. The molecule has 1 fully saturated rings. The lowest BCUT2D eigenvalue weighted by Gasteiger charge is -2.30. The molecule has 0 saturated heterocycles. The lowest BCUT2D eigenvalue weighted by Crippen LogP contribution is -2.34. The molecule has 0 spiro atoms. The standard InChI is InChI=1S/C13H17ClN2O3S/c1-16(8-9-3-2-4-9)13(17)10-5-6-11(14)12(7-10)20(15,18)19/h5-7,9H,2-4,8H2,1H3,(H2,15,18,19). The van der Waals surface area contributed by atoms with Crippen molar-refractivity contribution < 1.29 is 13.2 Å². The molecular formula is C13H17ClN2O3S. The maximum absolute atomic E-state index is 12.3. The normalized spacial score (nSPS) is 15.8. The number of nitrogens with two attached hydrogens (primary N) is 1. The molecule has 0 heterocycles. The second-order valence-electron chi connectivity index (χ2n) is 5.17. The molecule has 1 aromatic rings. The number of primary sulfonamides is 1. The van der Waals surface area contributed by atoms with Crippen LogP contribution in [0.5, 0.6) is 0 Å². The van der Waals surface area contributed by atoms with Gasteiger partial charge in [-0.1, -0.05) is 18.0 Å². The molecule has 20 heavy (non-hydrogen) atoms. The molecule has 1 aliphatic carbocycles. The van der Waals surface area contributed by atoms with Gasteiger partial charge in [0.25, 0.3) is 5.91 Å². The lowest BCUT2D eigenvalue weighted by atomic mass is 9.85. The van der Waals surface area contributed by atoms with E-state index in [1.807, 2.05) is 0 Å². The van der Waals surface area contributed by atoms with Crippen LogP contribution in [0.4, 0.5) is 0 Å². The van der Waals surface area contributed by atoms with Crippen molar-refractivity contribution in [3.05, 3.63) is 28.8 Å². The van der Waals surface area contributed by atoms with Gasteiger partial charge in [0.05, 0.1) is 5.02 Å². The number of rotatable bonds is 4. The summed E-state index contributed by atoms with van der Waals surface area (Å²) in [5.41, 5.74) is 0.278. The molecule has 1 amide bonds. The third-order valence-corrected chi connectivity index (χ3v) is 4.98. The van der Waals surface area contributed by atoms with Gasteiger partial charge in [0.15, 0.2) is 0 Å². The maximum atomic E-state index is 12.3. The van der Waals surface area contributed by atoms with Crippen LogP contribution in [0.1, 0.15) is 29.6 Å². The largest absolute Gasteiger partial charge is 0.341 e. The van der Waals surface area contributed by atoms with E-state index in [-0.39, 0.29) is 21.4 Å². The fraction of sp³-hybridized carbons (Fsp3) is 0.462. The number of benzene rings is 1. The zero-order valence-corrected chi connectivity index (χ0v) is 12.7. The van der Waals surface area contributed by atoms with E-state index in [0.29, 0.717) is 12.5 Å². The maximum Gasteiger partial charge on any atom is 0.253 e. The van der Waals surface area contributed by atoms with E-state index in [1.54, 1.807) is 11.9 Å². The molecule has 5 nitrogen and oxygen atoms in total. The number of nitrogens with zero attached hydrogens (tertiary/aromatic N) is 1. The van der Waals surface area contributed by atoms with Crippen molar-refractivity contribution in [2.45, 2.75) is 24.2 Å². The summed E-state index contributed by atoms with van der Waals surface area (Å²) < 4.78 is 22.8. The Hall–Kier alpha value is -1.11. The average molecular weight is 317 g/mol. The molecule has 7 heteroatoms. The molecule has 2 N–H and O–H groups in total. The first-order chi connectivity index (χ1) is 9.29. The SMILES string of the molecule is CN(CC1CCC1)C(=O)c1ccc(Cl)c(S(N)(=O)=O)c1. The quantitative estimate of drug-likeness (QED) is 0.920. The third-order valence-electron chi connectivity index (χ3n) is 3.59. The predicted octanol–water partition coefficient (Wildman–Crippen LogP) is 1.86. The molecule has 110 valence electrons. The highest BCUT2D eigenvalue weighted by atomic mass is 35.5. The van der Waals surface area contributed by atoms with Crippen LogP contribution in [0.25, 0.3) is 0 Å². The van der Waals surface area contributed by atoms with Crippen LogP contribution in [0, 0.1) is 5.92 Å². The van der Waals surface area contributed by atoms with Crippen LogP contribution < -0.4 is 5.14 Å². The minimum atomic E-state index is -3.93. The number of hydrogen-bond acceptors (Lipinski definition) is 3. The highest BCUT2D eigenvalue weighted by Crippen LogP contribution is 2.27. The van der Waals surface area contributed by atoms with Gasteiger partial charge in [0.2, 0.25) is 10.0 Å². The number of hydrogen-bond donors (Lipinski definition) is 1. The number of carbonyl (C=O) groups is 1. The molecule has 0 bridgehead atoms. The van der Waals surface area contributed by atoms with Gasteiger partial charge in [-0.05, 0) is 37.0 Å². The van der Waals surface area contributed by atoms with Gasteiger partial charge in [-0.15, -0.1) is 0 Å². The zero-order valence-electron chi connectivity index (χ0n) is 11.2. The van der Waals surface area contributed by atoms with Crippen molar-refractivity contribution in [2.24, 2.45) is 11.1 Å². The smallest absolute Gasteiger partial charge is 0.253 e. The van der Waals surface area contributed by atoms with E-state index in [0.717, 1.165) is 12.8 Å². The summed E-state index contributed by atoms with van der Waals surface area (Å²) in [6, 6.07) is 4.12. The Morgan fingerprint density at radius 1 is 1.45 bits per heavy atom. The van der Waals surface area contributed by atoms with Crippen molar-refractivity contribution in [3.8, 4) is 0 Å². The Morgan fingerprint density at radius 3 is 2.60 bits per heavy atom. The topological polar surface area (TPSA) is 80.5 Å². The summed E-state index contributed by atoms with van der Waals surface area (Å²) in [6.45, 7) is 0.687. The first kappa shape index (κ1) is 15.3. The van der Waals surface area contributed by atoms with Crippen molar-refractivity contribution in [2.75, 3.05) is 13.6 Å². The molecule has 1 aliphatic rings. The second-order valence-corrected chi connectivity index (χ2v) is 7.11. The molecule has 0 aliphatic heterocycles. The van der Waals surface area contributed by atoms with E-state index < -0.39 is 10.0 Å². The van der Waals surface area contributed by atoms with E-state index in [9.17, 15) is 13.2 Å². The summed E-state index contributed by atoms with van der Waals surface area (Å²) in [7, 11) is -2.22. The highest BCUT2D eigenvalue weighted by Gasteiger charge is 2.23. The van der Waals surface area contributed by atoms with Gasteiger partial charge in [-0.3, -0.25) is 4.79 Å². The Morgan fingerprint density at radius 2 is 2.10 bits per heavy atom. The molecule has 0 radical (unpaired) electrons. The summed E-state index contributed by atoms with van der Waals surface area (Å²) in [5.74, 6) is 0.326.